The first-order valence-electron chi connectivity index (χ1n) is 4.73. The molecule has 0 spiro atoms. The molecule has 1 N–H and O–H groups in total. The fourth-order valence-electron chi connectivity index (χ4n) is 1.58. The van der Waals surface area contributed by atoms with Crippen molar-refractivity contribution in [1.82, 2.24) is 0 Å². The third-order valence-electron chi connectivity index (χ3n) is 2.37. The average Bonchev–Trinajstić information content (AvgIpc) is 2.05. The summed E-state index contributed by atoms with van der Waals surface area (Å²) in [6.45, 7) is 4.87. The first-order chi connectivity index (χ1) is 5.77. The summed E-state index contributed by atoms with van der Waals surface area (Å²) in [5.74, 6) is 0.452. The second kappa shape index (κ2) is 7.26. The van der Waals surface area contributed by atoms with Crippen molar-refractivity contribution in [2.75, 3.05) is 6.61 Å². The van der Waals surface area contributed by atoms with E-state index in [4.69, 9.17) is 14.3 Å². The topological polar surface area (TPSA) is 38.7 Å². The summed E-state index contributed by atoms with van der Waals surface area (Å²) in [6.07, 6.45) is 3.34. The molecule has 0 aromatic rings. The van der Waals surface area contributed by atoms with Crippen molar-refractivity contribution >= 4 is 36.9 Å². The molecule has 1 rings (SSSR count). The number of rotatable bonds is 3. The minimum absolute atomic E-state index is 0. The molecule has 0 aromatic heterocycles. The molecule has 0 radical (unpaired) electrons. The molecule has 1 heterocycles. The van der Waals surface area contributed by atoms with Crippen LogP contribution in [0.5, 0.6) is 0 Å². The molecule has 1 fully saturated rings. The summed E-state index contributed by atoms with van der Waals surface area (Å²) in [6, 6.07) is 0. The summed E-state index contributed by atoms with van der Waals surface area (Å²) >= 11 is 0. The molecule has 1 saturated heterocycles. The van der Waals surface area contributed by atoms with E-state index in [9.17, 15) is 0 Å². The Hall–Kier alpha value is 0.945. The van der Waals surface area contributed by atoms with Gasteiger partial charge in [-0.15, -0.1) is 0 Å². The van der Waals surface area contributed by atoms with E-state index in [1.165, 1.54) is 0 Å². The molecule has 1 aliphatic heterocycles. The molecular formula is C8H18BNaO3. The Balaban J connectivity index is 0.00000144. The Bertz CT molecular complexity index is 137. The van der Waals surface area contributed by atoms with E-state index in [0.29, 0.717) is 12.5 Å². The molecule has 0 aromatic carbocycles. The van der Waals surface area contributed by atoms with Crippen molar-refractivity contribution < 1.29 is 14.3 Å². The van der Waals surface area contributed by atoms with Crippen LogP contribution in [0.15, 0.2) is 0 Å². The maximum atomic E-state index is 9.08. The van der Waals surface area contributed by atoms with Crippen LogP contribution in [0.4, 0.5) is 0 Å². The van der Waals surface area contributed by atoms with Gasteiger partial charge < -0.3 is 14.3 Å². The summed E-state index contributed by atoms with van der Waals surface area (Å²) in [7, 11) is -0.996. The number of hydrogen-bond donors (Lipinski definition) is 1. The first kappa shape index (κ1) is 13.9. The molecule has 3 nitrogen and oxygen atoms in total. The van der Waals surface area contributed by atoms with E-state index in [0.717, 1.165) is 19.3 Å². The van der Waals surface area contributed by atoms with Crippen molar-refractivity contribution in [3.8, 4) is 0 Å². The molecule has 2 atom stereocenters. The molecule has 5 heteroatoms. The van der Waals surface area contributed by atoms with Crippen molar-refractivity contribution in [2.24, 2.45) is 5.92 Å². The second-order valence-electron chi connectivity index (χ2n) is 3.27. The Morgan fingerprint density at radius 3 is 2.69 bits per heavy atom. The van der Waals surface area contributed by atoms with Gasteiger partial charge in [-0.1, -0.05) is 20.3 Å². The van der Waals surface area contributed by atoms with Gasteiger partial charge in [0.1, 0.15) is 0 Å². The van der Waals surface area contributed by atoms with Crippen molar-refractivity contribution in [1.29, 1.82) is 0 Å². The third-order valence-corrected chi connectivity index (χ3v) is 2.37. The van der Waals surface area contributed by atoms with Gasteiger partial charge in [-0.05, 0) is 12.8 Å². The third kappa shape index (κ3) is 4.32. The second-order valence-corrected chi connectivity index (χ2v) is 3.27. The predicted molar refractivity (Wildman–Crippen MR) is 54.6 cm³/mol. The molecule has 72 valence electrons. The van der Waals surface area contributed by atoms with E-state index >= 15 is 0 Å². The van der Waals surface area contributed by atoms with Crippen LogP contribution in [0.25, 0.3) is 0 Å². The fourth-order valence-corrected chi connectivity index (χ4v) is 1.58. The zero-order chi connectivity index (χ0) is 8.97. The monoisotopic (exact) mass is 196 g/mol. The average molecular weight is 196 g/mol. The van der Waals surface area contributed by atoms with Gasteiger partial charge in [0, 0.05) is 12.5 Å². The molecule has 0 saturated carbocycles. The van der Waals surface area contributed by atoms with Crippen molar-refractivity contribution in [3.63, 3.8) is 0 Å². The van der Waals surface area contributed by atoms with Gasteiger partial charge in [-0.25, -0.2) is 0 Å². The summed E-state index contributed by atoms with van der Waals surface area (Å²) in [5, 5.41) is 9.08. The van der Waals surface area contributed by atoms with Crippen molar-refractivity contribution in [2.45, 2.75) is 39.2 Å². The van der Waals surface area contributed by atoms with Crippen LogP contribution in [-0.2, 0) is 9.31 Å². The van der Waals surface area contributed by atoms with Gasteiger partial charge in [0.2, 0.25) is 0 Å². The van der Waals surface area contributed by atoms with Gasteiger partial charge in [-0.3, -0.25) is 0 Å². The standard InChI is InChI=1S/C8H17BO3.Na.H/c1-3-5-8-7(4-2)6-11-9(10)12-8;;/h7-8,10H,3-6H2,1-2H3;;. The van der Waals surface area contributed by atoms with Crippen LogP contribution >= 0.6 is 0 Å². The van der Waals surface area contributed by atoms with E-state index in [1.54, 1.807) is 0 Å². The van der Waals surface area contributed by atoms with Crippen molar-refractivity contribution in [3.05, 3.63) is 0 Å². The van der Waals surface area contributed by atoms with E-state index in [2.05, 4.69) is 13.8 Å². The van der Waals surface area contributed by atoms with Crippen LogP contribution in [0.3, 0.4) is 0 Å². The van der Waals surface area contributed by atoms with Crippen LogP contribution in [0, 0.1) is 5.92 Å². The van der Waals surface area contributed by atoms with Gasteiger partial charge in [0.25, 0.3) is 0 Å². The Morgan fingerprint density at radius 2 is 2.15 bits per heavy atom. The first-order valence-corrected chi connectivity index (χ1v) is 4.73. The molecule has 1 aliphatic rings. The van der Waals surface area contributed by atoms with Gasteiger partial charge in [0.15, 0.2) is 0 Å². The van der Waals surface area contributed by atoms with Crippen LogP contribution in [0.2, 0.25) is 0 Å². The Kier molecular flexibility index (Phi) is 7.79. The minimum atomic E-state index is -0.996. The zero-order valence-corrected chi connectivity index (χ0v) is 7.82. The quantitative estimate of drug-likeness (QED) is 0.670. The van der Waals surface area contributed by atoms with E-state index < -0.39 is 7.32 Å². The SMILES string of the molecule is CCCC1OB(O)OCC1CC.[NaH]. The molecule has 2 unspecified atom stereocenters. The summed E-state index contributed by atoms with van der Waals surface area (Å²) < 4.78 is 10.3. The summed E-state index contributed by atoms with van der Waals surface area (Å²) in [4.78, 5) is 0. The molecule has 0 amide bonds. The molecule has 13 heavy (non-hydrogen) atoms. The van der Waals surface area contributed by atoms with E-state index in [-0.39, 0.29) is 35.7 Å². The number of hydrogen-bond acceptors (Lipinski definition) is 3. The van der Waals surface area contributed by atoms with Gasteiger partial charge in [-0.2, -0.15) is 0 Å². The van der Waals surface area contributed by atoms with Gasteiger partial charge in [0.05, 0.1) is 6.10 Å². The zero-order valence-electron chi connectivity index (χ0n) is 7.82. The van der Waals surface area contributed by atoms with Crippen LogP contribution in [0.1, 0.15) is 33.1 Å². The molecule has 0 aliphatic carbocycles. The van der Waals surface area contributed by atoms with Gasteiger partial charge >= 0.3 is 36.9 Å². The Labute approximate surface area is 103 Å². The normalized spacial score (nSPS) is 28.4. The van der Waals surface area contributed by atoms with Crippen LogP contribution < -0.4 is 0 Å². The van der Waals surface area contributed by atoms with E-state index in [1.807, 2.05) is 0 Å². The summed E-state index contributed by atoms with van der Waals surface area (Å²) in [5.41, 5.74) is 0. The molecular weight excluding hydrogens is 178 g/mol. The Morgan fingerprint density at radius 1 is 1.46 bits per heavy atom. The fraction of sp³-hybridized carbons (Fsp3) is 1.00. The maximum absolute atomic E-state index is 9.08. The van der Waals surface area contributed by atoms with Crippen LogP contribution in [-0.4, -0.2) is 54.6 Å². The predicted octanol–water partition coefficient (Wildman–Crippen LogP) is 0.557. The molecule has 0 bridgehead atoms.